The molecule has 1 rings (SSSR count). The van der Waals surface area contributed by atoms with Crippen molar-refractivity contribution in [1.82, 2.24) is 0 Å². The monoisotopic (exact) mass is 239 g/mol. The molecule has 82 valence electrons. The maximum atomic E-state index is 11.9. The Hall–Kier alpha value is -1.43. The maximum Gasteiger partial charge on any atom is 0.573 e. The third-order valence-electron chi connectivity index (χ3n) is 1.51. The molecule has 1 aromatic carbocycles. The molecule has 0 aliphatic heterocycles. The van der Waals surface area contributed by atoms with E-state index in [0.29, 0.717) is 0 Å². The molecule has 0 aliphatic rings. The molecule has 0 atom stereocenters. The van der Waals surface area contributed by atoms with Gasteiger partial charge in [0.2, 0.25) is 0 Å². The highest BCUT2D eigenvalue weighted by molar-refractivity contribution is 6.33. The fourth-order valence-electron chi connectivity index (χ4n) is 0.932. The normalized spacial score (nSPS) is 11.2. The first-order valence-electron chi connectivity index (χ1n) is 3.64. The van der Waals surface area contributed by atoms with Crippen LogP contribution in [-0.4, -0.2) is 12.6 Å². The topological polar surface area (TPSA) is 52.3 Å². The summed E-state index contributed by atoms with van der Waals surface area (Å²) in [6, 6.07) is 2.33. The highest BCUT2D eigenvalue weighted by Gasteiger charge is 2.33. The van der Waals surface area contributed by atoms with Gasteiger partial charge in [-0.2, -0.15) is 0 Å². The Morgan fingerprint density at radius 1 is 1.40 bits per heavy atom. The van der Waals surface area contributed by atoms with Crippen molar-refractivity contribution in [1.29, 1.82) is 0 Å². The Bertz CT molecular complexity index is 392. The van der Waals surface area contributed by atoms with Gasteiger partial charge in [-0.3, -0.25) is 4.79 Å². The third-order valence-corrected chi connectivity index (χ3v) is 1.84. The number of halogens is 4. The number of carbonyl (C=O) groups excluding carboxylic acids is 1. The van der Waals surface area contributed by atoms with Crippen molar-refractivity contribution < 1.29 is 22.7 Å². The Labute approximate surface area is 87.6 Å². The first-order valence-corrected chi connectivity index (χ1v) is 4.02. The zero-order valence-electron chi connectivity index (χ0n) is 7.14. The number of nitrogen functional groups attached to an aromatic ring is 1. The van der Waals surface area contributed by atoms with Crippen LogP contribution in [0.5, 0.6) is 5.75 Å². The summed E-state index contributed by atoms with van der Waals surface area (Å²) in [5.74, 6) is -0.773. The third kappa shape index (κ3) is 2.76. The Kier molecular flexibility index (Phi) is 3.09. The summed E-state index contributed by atoms with van der Waals surface area (Å²) in [6.07, 6.45) is -4.77. The lowest BCUT2D eigenvalue weighted by molar-refractivity contribution is -0.274. The van der Waals surface area contributed by atoms with Crippen molar-refractivity contribution >= 4 is 23.6 Å². The lowest BCUT2D eigenvalue weighted by Gasteiger charge is -2.13. The molecule has 7 heteroatoms. The van der Waals surface area contributed by atoms with Crippen molar-refractivity contribution in [2.45, 2.75) is 6.36 Å². The second-order valence-electron chi connectivity index (χ2n) is 2.55. The average molecular weight is 240 g/mol. The summed E-state index contributed by atoms with van der Waals surface area (Å²) < 4.78 is 39.4. The summed E-state index contributed by atoms with van der Waals surface area (Å²) in [5, 5.41) is -0.154. The van der Waals surface area contributed by atoms with Crippen LogP contribution in [0.2, 0.25) is 5.02 Å². The van der Waals surface area contributed by atoms with Crippen molar-refractivity contribution in [3.8, 4) is 5.75 Å². The van der Waals surface area contributed by atoms with Gasteiger partial charge in [-0.05, 0) is 12.1 Å². The molecule has 0 saturated carbocycles. The van der Waals surface area contributed by atoms with E-state index in [2.05, 4.69) is 4.74 Å². The number of alkyl halides is 3. The number of rotatable bonds is 2. The van der Waals surface area contributed by atoms with Crippen LogP contribution >= 0.6 is 11.6 Å². The first-order chi connectivity index (χ1) is 6.85. The van der Waals surface area contributed by atoms with Gasteiger partial charge in [-0.25, -0.2) is 0 Å². The predicted molar refractivity (Wildman–Crippen MR) is 47.9 cm³/mol. The molecular weight excluding hydrogens is 235 g/mol. The zero-order chi connectivity index (χ0) is 11.6. The van der Waals surface area contributed by atoms with Crippen LogP contribution in [-0.2, 0) is 0 Å². The molecule has 1 aromatic rings. The van der Waals surface area contributed by atoms with E-state index in [1.807, 2.05) is 0 Å². The van der Waals surface area contributed by atoms with Gasteiger partial charge >= 0.3 is 6.36 Å². The quantitative estimate of drug-likeness (QED) is 0.638. The molecular formula is C8H5ClF3NO2. The van der Waals surface area contributed by atoms with Crippen LogP contribution in [0.15, 0.2) is 12.1 Å². The van der Waals surface area contributed by atoms with Gasteiger partial charge in [0.15, 0.2) is 12.0 Å². The van der Waals surface area contributed by atoms with E-state index in [9.17, 15) is 18.0 Å². The molecule has 0 unspecified atom stereocenters. The number of hydrogen-bond acceptors (Lipinski definition) is 3. The summed E-state index contributed by atoms with van der Waals surface area (Å²) in [7, 11) is 0. The summed E-state index contributed by atoms with van der Waals surface area (Å²) in [5.41, 5.74) is 4.50. The number of nitrogens with two attached hydrogens (primary N) is 1. The van der Waals surface area contributed by atoms with Gasteiger partial charge < -0.3 is 10.5 Å². The number of anilines is 1. The average Bonchev–Trinajstić information content (AvgIpc) is 2.10. The van der Waals surface area contributed by atoms with E-state index in [1.165, 1.54) is 6.07 Å². The number of aldehydes is 1. The number of benzene rings is 1. The van der Waals surface area contributed by atoms with Gasteiger partial charge in [-0.1, -0.05) is 11.6 Å². The van der Waals surface area contributed by atoms with Crippen LogP contribution < -0.4 is 10.5 Å². The Morgan fingerprint density at radius 2 is 2.00 bits per heavy atom. The molecule has 0 aliphatic carbocycles. The molecule has 0 aromatic heterocycles. The summed E-state index contributed by atoms with van der Waals surface area (Å²) >= 11 is 5.50. The van der Waals surface area contributed by atoms with E-state index >= 15 is 0 Å². The van der Waals surface area contributed by atoms with Crippen LogP contribution in [0.3, 0.4) is 0 Å². The van der Waals surface area contributed by atoms with E-state index in [1.54, 1.807) is 0 Å². The SMILES string of the molecule is Nc1ccc(Cl)c(C=O)c1OC(F)(F)F. The first kappa shape index (κ1) is 11.6. The van der Waals surface area contributed by atoms with E-state index in [-0.39, 0.29) is 17.0 Å². The molecule has 0 amide bonds. The number of carbonyl (C=O) groups is 1. The molecule has 2 N–H and O–H groups in total. The minimum absolute atomic E-state index is 0.153. The summed E-state index contributed by atoms with van der Waals surface area (Å²) in [6.45, 7) is 0. The van der Waals surface area contributed by atoms with Gasteiger partial charge in [-0.15, -0.1) is 13.2 Å². The lowest BCUT2D eigenvalue weighted by Crippen LogP contribution is -2.19. The minimum Gasteiger partial charge on any atom is -0.403 e. The van der Waals surface area contributed by atoms with Gasteiger partial charge in [0, 0.05) is 0 Å². The highest BCUT2D eigenvalue weighted by Crippen LogP contribution is 2.34. The van der Waals surface area contributed by atoms with Crippen LogP contribution in [0.25, 0.3) is 0 Å². The second-order valence-corrected chi connectivity index (χ2v) is 2.95. The van der Waals surface area contributed by atoms with Gasteiger partial charge in [0.05, 0.1) is 16.3 Å². The molecule has 0 saturated heterocycles. The zero-order valence-corrected chi connectivity index (χ0v) is 7.89. The molecule has 3 nitrogen and oxygen atoms in total. The molecule has 15 heavy (non-hydrogen) atoms. The van der Waals surface area contributed by atoms with E-state index in [0.717, 1.165) is 6.07 Å². The number of ether oxygens (including phenoxy) is 1. The standard InChI is InChI=1S/C8H5ClF3NO2/c9-5-1-2-6(13)7(4(5)3-14)15-8(10,11)12/h1-3H,13H2. The minimum atomic E-state index is -4.92. The largest absolute Gasteiger partial charge is 0.573 e. The van der Waals surface area contributed by atoms with Crippen molar-refractivity contribution in [3.05, 3.63) is 22.7 Å². The molecule has 0 radical (unpaired) electrons. The predicted octanol–water partition coefficient (Wildman–Crippen LogP) is 2.63. The molecule has 0 heterocycles. The Balaban J connectivity index is 3.25. The smallest absolute Gasteiger partial charge is 0.403 e. The van der Waals surface area contributed by atoms with Crippen molar-refractivity contribution in [2.24, 2.45) is 0 Å². The molecule has 0 bridgehead atoms. The summed E-state index contributed by atoms with van der Waals surface area (Å²) in [4.78, 5) is 10.5. The van der Waals surface area contributed by atoms with Gasteiger partial charge in [0.1, 0.15) is 0 Å². The lowest BCUT2D eigenvalue weighted by atomic mass is 10.2. The fraction of sp³-hybridized carbons (Fsp3) is 0.125. The van der Waals surface area contributed by atoms with Crippen molar-refractivity contribution in [3.63, 3.8) is 0 Å². The number of hydrogen-bond donors (Lipinski definition) is 1. The molecule has 0 fully saturated rings. The fourth-order valence-corrected chi connectivity index (χ4v) is 1.13. The van der Waals surface area contributed by atoms with Crippen LogP contribution in [0.1, 0.15) is 10.4 Å². The maximum absolute atomic E-state index is 11.9. The molecule has 0 spiro atoms. The highest BCUT2D eigenvalue weighted by atomic mass is 35.5. The Morgan fingerprint density at radius 3 is 2.47 bits per heavy atom. The van der Waals surface area contributed by atoms with Crippen molar-refractivity contribution in [2.75, 3.05) is 5.73 Å². The van der Waals surface area contributed by atoms with Crippen LogP contribution in [0.4, 0.5) is 18.9 Å². The second kappa shape index (κ2) is 3.98. The van der Waals surface area contributed by atoms with E-state index < -0.39 is 17.7 Å². The van der Waals surface area contributed by atoms with Crippen LogP contribution in [0, 0.1) is 0 Å². The van der Waals surface area contributed by atoms with Gasteiger partial charge in [0.25, 0.3) is 0 Å². The van der Waals surface area contributed by atoms with E-state index in [4.69, 9.17) is 17.3 Å².